The van der Waals surface area contributed by atoms with Gasteiger partial charge in [-0.2, -0.15) is 0 Å². The Kier molecular flexibility index (Phi) is 6.63. The van der Waals surface area contributed by atoms with Crippen LogP contribution in [0.1, 0.15) is 27.0 Å². The van der Waals surface area contributed by atoms with Crippen LogP contribution < -0.4 is 9.62 Å². The highest BCUT2D eigenvalue weighted by atomic mass is 79.9. The van der Waals surface area contributed by atoms with E-state index in [9.17, 15) is 13.2 Å². The van der Waals surface area contributed by atoms with Gasteiger partial charge in [0.1, 0.15) is 0 Å². The van der Waals surface area contributed by atoms with Gasteiger partial charge in [0.2, 0.25) is 10.0 Å². The Hall–Kier alpha value is -2.64. The molecule has 0 aliphatic carbocycles. The standard InChI is InChI=1S/C23H23BrN2O3S/c1-16-7-6-8-17(2)22(16)26(30(3,28)29)15-18-11-13-19(14-12-18)23(27)25-21-10-5-4-9-20(21)24/h4-14H,15H2,1-3H3,(H,25,27). The molecule has 0 saturated heterocycles. The van der Waals surface area contributed by atoms with Gasteiger partial charge in [0.25, 0.3) is 5.91 Å². The minimum atomic E-state index is -3.48. The Morgan fingerprint density at radius 3 is 2.10 bits per heavy atom. The molecule has 30 heavy (non-hydrogen) atoms. The Bertz CT molecular complexity index is 1160. The Morgan fingerprint density at radius 1 is 0.933 bits per heavy atom. The number of halogens is 1. The van der Waals surface area contributed by atoms with Crippen molar-refractivity contribution in [3.05, 3.63) is 93.5 Å². The molecule has 5 nitrogen and oxygen atoms in total. The summed E-state index contributed by atoms with van der Waals surface area (Å²) in [7, 11) is -3.48. The number of hydrogen-bond donors (Lipinski definition) is 1. The Labute approximate surface area is 185 Å². The van der Waals surface area contributed by atoms with Crippen LogP contribution in [0.15, 0.2) is 71.2 Å². The molecule has 0 spiro atoms. The number of nitrogens with zero attached hydrogens (tertiary/aromatic N) is 1. The van der Waals surface area contributed by atoms with Gasteiger partial charge < -0.3 is 5.32 Å². The van der Waals surface area contributed by atoms with Crippen molar-refractivity contribution in [2.75, 3.05) is 15.9 Å². The zero-order chi connectivity index (χ0) is 21.9. The summed E-state index contributed by atoms with van der Waals surface area (Å²) < 4.78 is 27.2. The molecule has 0 fully saturated rings. The summed E-state index contributed by atoms with van der Waals surface area (Å²) in [5.41, 5.74) is 4.45. The van der Waals surface area contributed by atoms with Crippen LogP contribution in [-0.2, 0) is 16.6 Å². The van der Waals surface area contributed by atoms with Crippen molar-refractivity contribution in [2.45, 2.75) is 20.4 Å². The van der Waals surface area contributed by atoms with Crippen LogP contribution in [0.2, 0.25) is 0 Å². The summed E-state index contributed by atoms with van der Waals surface area (Å²) >= 11 is 3.41. The van der Waals surface area contributed by atoms with Crippen LogP contribution in [0.25, 0.3) is 0 Å². The van der Waals surface area contributed by atoms with Crippen molar-refractivity contribution >= 4 is 43.2 Å². The topological polar surface area (TPSA) is 66.5 Å². The maximum Gasteiger partial charge on any atom is 0.255 e. The van der Waals surface area contributed by atoms with Gasteiger partial charge in [-0.15, -0.1) is 0 Å². The second kappa shape index (κ2) is 9.02. The fourth-order valence-corrected chi connectivity index (χ4v) is 4.63. The number of anilines is 2. The van der Waals surface area contributed by atoms with Crippen molar-refractivity contribution in [1.29, 1.82) is 0 Å². The molecule has 1 N–H and O–H groups in total. The molecular weight excluding hydrogens is 464 g/mol. The summed E-state index contributed by atoms with van der Waals surface area (Å²) in [5, 5.41) is 2.86. The van der Waals surface area contributed by atoms with Crippen molar-refractivity contribution in [3.8, 4) is 0 Å². The number of rotatable bonds is 6. The SMILES string of the molecule is Cc1cccc(C)c1N(Cc1ccc(C(=O)Nc2ccccc2Br)cc1)S(C)(=O)=O. The third kappa shape index (κ3) is 5.09. The smallest absolute Gasteiger partial charge is 0.255 e. The summed E-state index contributed by atoms with van der Waals surface area (Å²) in [6, 6.07) is 20.0. The normalized spacial score (nSPS) is 11.2. The highest BCUT2D eigenvalue weighted by Crippen LogP contribution is 2.28. The van der Waals surface area contributed by atoms with E-state index in [4.69, 9.17) is 0 Å². The first kappa shape index (κ1) is 22.1. The van der Waals surface area contributed by atoms with E-state index in [1.54, 1.807) is 24.3 Å². The van der Waals surface area contributed by atoms with E-state index in [1.807, 2.05) is 56.3 Å². The van der Waals surface area contributed by atoms with E-state index in [-0.39, 0.29) is 12.5 Å². The highest BCUT2D eigenvalue weighted by Gasteiger charge is 2.21. The summed E-state index contributed by atoms with van der Waals surface area (Å²) in [4.78, 5) is 12.5. The van der Waals surface area contributed by atoms with Crippen LogP contribution in [0.5, 0.6) is 0 Å². The molecule has 0 heterocycles. The molecule has 7 heteroatoms. The van der Waals surface area contributed by atoms with Gasteiger partial charge in [0, 0.05) is 10.0 Å². The Balaban J connectivity index is 1.83. The van der Waals surface area contributed by atoms with E-state index in [0.29, 0.717) is 16.9 Å². The van der Waals surface area contributed by atoms with E-state index < -0.39 is 10.0 Å². The predicted octanol–water partition coefficient (Wildman–Crippen LogP) is 5.28. The summed E-state index contributed by atoms with van der Waals surface area (Å²) in [6.07, 6.45) is 1.21. The fraction of sp³-hybridized carbons (Fsp3) is 0.174. The van der Waals surface area contributed by atoms with Gasteiger partial charge in [-0.1, -0.05) is 42.5 Å². The van der Waals surface area contributed by atoms with Gasteiger partial charge in [-0.05, 0) is 70.7 Å². The molecule has 0 aliphatic rings. The number of carbonyl (C=O) groups excluding carboxylic acids is 1. The second-order valence-electron chi connectivity index (χ2n) is 7.14. The second-order valence-corrected chi connectivity index (χ2v) is 9.90. The van der Waals surface area contributed by atoms with Crippen molar-refractivity contribution in [1.82, 2.24) is 0 Å². The maximum atomic E-state index is 12.5. The molecule has 0 radical (unpaired) electrons. The van der Waals surface area contributed by atoms with Gasteiger partial charge in [-0.25, -0.2) is 8.42 Å². The van der Waals surface area contributed by atoms with E-state index >= 15 is 0 Å². The zero-order valence-corrected chi connectivity index (χ0v) is 19.4. The minimum Gasteiger partial charge on any atom is -0.321 e. The molecule has 3 aromatic carbocycles. The van der Waals surface area contributed by atoms with Gasteiger partial charge in [-0.3, -0.25) is 9.10 Å². The molecule has 1 amide bonds. The van der Waals surface area contributed by atoms with E-state index in [2.05, 4.69) is 21.2 Å². The average molecular weight is 487 g/mol. The third-order valence-corrected chi connectivity index (χ3v) is 6.56. The minimum absolute atomic E-state index is 0.191. The van der Waals surface area contributed by atoms with Crippen molar-refractivity contribution in [3.63, 3.8) is 0 Å². The molecule has 0 aliphatic heterocycles. The number of para-hydroxylation sites is 2. The van der Waals surface area contributed by atoms with Crippen LogP contribution in [0.3, 0.4) is 0 Å². The van der Waals surface area contributed by atoms with Crippen molar-refractivity contribution in [2.24, 2.45) is 0 Å². The van der Waals surface area contributed by atoms with E-state index in [1.165, 1.54) is 10.6 Å². The largest absolute Gasteiger partial charge is 0.321 e. The lowest BCUT2D eigenvalue weighted by atomic mass is 10.1. The van der Waals surface area contributed by atoms with Crippen LogP contribution in [0, 0.1) is 13.8 Å². The molecule has 3 aromatic rings. The van der Waals surface area contributed by atoms with Gasteiger partial charge in [0.05, 0.1) is 24.2 Å². The van der Waals surface area contributed by atoms with Gasteiger partial charge >= 0.3 is 0 Å². The average Bonchev–Trinajstić information content (AvgIpc) is 2.68. The number of carbonyl (C=O) groups is 1. The van der Waals surface area contributed by atoms with E-state index in [0.717, 1.165) is 21.2 Å². The quantitative estimate of drug-likeness (QED) is 0.514. The number of nitrogens with one attached hydrogen (secondary N) is 1. The van der Waals surface area contributed by atoms with Gasteiger partial charge in [0.15, 0.2) is 0 Å². The molecule has 0 saturated carbocycles. The third-order valence-electron chi connectivity index (χ3n) is 4.75. The highest BCUT2D eigenvalue weighted by molar-refractivity contribution is 9.10. The number of amides is 1. The molecule has 3 rings (SSSR count). The monoisotopic (exact) mass is 486 g/mol. The zero-order valence-electron chi connectivity index (χ0n) is 17.0. The number of benzene rings is 3. The molecular formula is C23H23BrN2O3S. The van der Waals surface area contributed by atoms with Crippen molar-refractivity contribution < 1.29 is 13.2 Å². The molecule has 0 unspecified atom stereocenters. The maximum absolute atomic E-state index is 12.5. The lowest BCUT2D eigenvalue weighted by Gasteiger charge is -2.26. The summed E-state index contributed by atoms with van der Waals surface area (Å²) in [6.45, 7) is 3.99. The molecule has 156 valence electrons. The number of aryl methyl sites for hydroxylation is 2. The van der Waals surface area contributed by atoms with Crippen LogP contribution >= 0.6 is 15.9 Å². The first-order chi connectivity index (χ1) is 14.2. The molecule has 0 atom stereocenters. The first-order valence-electron chi connectivity index (χ1n) is 9.35. The van der Waals surface area contributed by atoms with Crippen LogP contribution in [-0.4, -0.2) is 20.6 Å². The lowest BCUT2D eigenvalue weighted by molar-refractivity contribution is 0.102. The summed E-state index contributed by atoms with van der Waals surface area (Å²) in [5.74, 6) is -0.233. The lowest BCUT2D eigenvalue weighted by Crippen LogP contribution is -2.30. The molecule has 0 bridgehead atoms. The first-order valence-corrected chi connectivity index (χ1v) is 12.0. The van der Waals surface area contributed by atoms with Crippen LogP contribution in [0.4, 0.5) is 11.4 Å². The molecule has 0 aromatic heterocycles. The predicted molar refractivity (Wildman–Crippen MR) is 125 cm³/mol. The fourth-order valence-electron chi connectivity index (χ4n) is 3.25. The Morgan fingerprint density at radius 2 is 1.53 bits per heavy atom. The number of hydrogen-bond acceptors (Lipinski definition) is 3. The number of sulfonamides is 1.